The summed E-state index contributed by atoms with van der Waals surface area (Å²) in [5.74, 6) is -1.95. The van der Waals surface area contributed by atoms with E-state index in [9.17, 15) is 23.5 Å². The van der Waals surface area contributed by atoms with Crippen molar-refractivity contribution < 1.29 is 18.7 Å². The summed E-state index contributed by atoms with van der Waals surface area (Å²) in [7, 11) is 1.99. The number of anilines is 1. The molecule has 0 unspecified atom stereocenters. The Morgan fingerprint density at radius 2 is 2.00 bits per heavy atom. The second-order valence-electron chi connectivity index (χ2n) is 6.52. The van der Waals surface area contributed by atoms with Gasteiger partial charge in [-0.1, -0.05) is 11.8 Å². The van der Waals surface area contributed by atoms with Gasteiger partial charge in [0.2, 0.25) is 5.43 Å². The molecule has 9 heteroatoms. The Morgan fingerprint density at radius 3 is 2.62 bits per heavy atom. The van der Waals surface area contributed by atoms with Crippen LogP contribution in [0, 0.1) is 5.82 Å². The number of alkyl halides is 1. The molecular weight excluding hydrogens is 364 g/mol. The molecule has 1 fully saturated rings. The molecule has 4 rings (SSSR count). The molecule has 0 amide bonds. The molecule has 2 aromatic rings. The third kappa shape index (κ3) is 2.49. The van der Waals surface area contributed by atoms with E-state index in [1.807, 2.05) is 11.9 Å². The fraction of sp³-hybridized carbons (Fsp3) is 0.412. The largest absolute Gasteiger partial charge is 0.477 e. The van der Waals surface area contributed by atoms with E-state index in [1.165, 1.54) is 4.57 Å². The van der Waals surface area contributed by atoms with E-state index in [2.05, 4.69) is 4.90 Å². The van der Waals surface area contributed by atoms with Crippen LogP contribution in [0.15, 0.2) is 22.0 Å². The Bertz CT molecular complexity index is 970. The SMILES string of the molecule is CN1CCN(c2cc3c(cc2F)c(=O)c(C(=O)O)c2n3[C@@H](CF)S2)CC1. The zero-order chi connectivity index (χ0) is 18.6. The van der Waals surface area contributed by atoms with Crippen LogP contribution in [0.5, 0.6) is 0 Å². The van der Waals surface area contributed by atoms with Gasteiger partial charge >= 0.3 is 5.97 Å². The minimum Gasteiger partial charge on any atom is -0.477 e. The van der Waals surface area contributed by atoms with Crippen molar-refractivity contribution in [1.29, 1.82) is 0 Å². The average Bonchev–Trinajstić information content (AvgIpc) is 2.58. The first-order chi connectivity index (χ1) is 12.4. The predicted octanol–water partition coefficient (Wildman–Crippen LogP) is 2.16. The maximum atomic E-state index is 14.7. The third-order valence-corrected chi connectivity index (χ3v) is 6.19. The van der Waals surface area contributed by atoms with Crippen LogP contribution >= 0.6 is 11.8 Å². The van der Waals surface area contributed by atoms with Gasteiger partial charge in [0.15, 0.2) is 0 Å². The van der Waals surface area contributed by atoms with Crippen molar-refractivity contribution in [2.45, 2.75) is 10.4 Å². The number of carboxylic acid groups (broad SMARTS) is 1. The first-order valence-electron chi connectivity index (χ1n) is 8.23. The quantitative estimate of drug-likeness (QED) is 0.879. The fourth-order valence-corrected chi connectivity index (χ4v) is 4.63. The molecular formula is C17H17F2N3O3S. The van der Waals surface area contributed by atoms with Gasteiger partial charge < -0.3 is 19.5 Å². The van der Waals surface area contributed by atoms with Gasteiger partial charge in [0, 0.05) is 31.6 Å². The van der Waals surface area contributed by atoms with Crippen molar-refractivity contribution in [3.63, 3.8) is 0 Å². The van der Waals surface area contributed by atoms with Gasteiger partial charge in [0.1, 0.15) is 23.4 Å². The summed E-state index contributed by atoms with van der Waals surface area (Å²) in [4.78, 5) is 28.1. The average molecular weight is 381 g/mol. The number of nitrogens with zero attached hydrogens (tertiary/aromatic N) is 3. The Kier molecular flexibility index (Phi) is 4.15. The lowest BCUT2D eigenvalue weighted by Gasteiger charge is -2.36. The summed E-state index contributed by atoms with van der Waals surface area (Å²) in [6.45, 7) is 2.16. The van der Waals surface area contributed by atoms with Gasteiger partial charge in [-0.25, -0.2) is 13.6 Å². The standard InChI is InChI=1S/C17H17F2N3O3S/c1-20-2-4-21(5-3-20)12-7-11-9(6-10(12)19)15(23)14(17(24)25)16-22(11)13(8-18)26-16/h6-7,13H,2-5,8H2,1H3,(H,24,25)/t13-/m1/s1. The number of rotatable bonds is 3. The fourth-order valence-electron chi connectivity index (χ4n) is 3.51. The van der Waals surface area contributed by atoms with Crippen LogP contribution in [0.2, 0.25) is 0 Å². The minimum atomic E-state index is -1.38. The second kappa shape index (κ2) is 6.24. The third-order valence-electron chi connectivity index (χ3n) is 4.95. The van der Waals surface area contributed by atoms with Crippen LogP contribution in [-0.4, -0.2) is 60.4 Å². The summed E-state index contributed by atoms with van der Waals surface area (Å²) in [6.07, 6.45) is 0. The highest BCUT2D eigenvalue weighted by Gasteiger charge is 2.35. The van der Waals surface area contributed by atoms with Crippen molar-refractivity contribution in [2.75, 3.05) is 44.8 Å². The Labute approximate surface area is 152 Å². The second-order valence-corrected chi connectivity index (χ2v) is 7.69. The summed E-state index contributed by atoms with van der Waals surface area (Å²) in [5.41, 5.74) is -0.407. The molecule has 1 aromatic heterocycles. The topological polar surface area (TPSA) is 65.8 Å². The zero-order valence-electron chi connectivity index (χ0n) is 14.0. The number of thioether (sulfide) groups is 1. The molecule has 6 nitrogen and oxygen atoms in total. The van der Waals surface area contributed by atoms with Crippen molar-refractivity contribution >= 4 is 34.3 Å². The lowest BCUT2D eigenvalue weighted by atomic mass is 10.1. The molecule has 0 spiro atoms. The van der Waals surface area contributed by atoms with Gasteiger partial charge in [-0.2, -0.15) is 0 Å². The van der Waals surface area contributed by atoms with Gasteiger partial charge in [-0.15, -0.1) is 0 Å². The number of aromatic carboxylic acids is 1. The van der Waals surface area contributed by atoms with E-state index < -0.39 is 34.8 Å². The van der Waals surface area contributed by atoms with Crippen LogP contribution in [0.3, 0.4) is 0 Å². The molecule has 1 aromatic carbocycles. The number of fused-ring (bicyclic) bond motifs is 3. The van der Waals surface area contributed by atoms with Crippen molar-refractivity contribution in [3.05, 3.63) is 33.7 Å². The summed E-state index contributed by atoms with van der Waals surface area (Å²) < 4.78 is 29.5. The summed E-state index contributed by atoms with van der Waals surface area (Å²) in [6, 6.07) is 2.64. The minimum absolute atomic E-state index is 0.0275. The van der Waals surface area contributed by atoms with Crippen LogP contribution in [0.4, 0.5) is 14.5 Å². The number of hydrogen-bond acceptors (Lipinski definition) is 5. The van der Waals surface area contributed by atoms with Gasteiger partial charge in [-0.05, 0) is 19.2 Å². The Balaban J connectivity index is 1.93. The highest BCUT2D eigenvalue weighted by Crippen LogP contribution is 2.47. The van der Waals surface area contributed by atoms with Crippen molar-refractivity contribution in [2.24, 2.45) is 0 Å². The number of benzene rings is 1. The molecule has 1 N–H and O–H groups in total. The van der Waals surface area contributed by atoms with Gasteiger partial charge in [-0.3, -0.25) is 4.79 Å². The summed E-state index contributed by atoms with van der Waals surface area (Å²) >= 11 is 1.02. The molecule has 138 valence electrons. The van der Waals surface area contributed by atoms with Crippen molar-refractivity contribution in [3.8, 4) is 0 Å². The van der Waals surface area contributed by atoms with E-state index >= 15 is 0 Å². The van der Waals surface area contributed by atoms with Crippen LogP contribution in [-0.2, 0) is 0 Å². The van der Waals surface area contributed by atoms with Gasteiger partial charge in [0.25, 0.3) is 0 Å². The Morgan fingerprint density at radius 1 is 1.31 bits per heavy atom. The first kappa shape index (κ1) is 17.3. The molecule has 1 atom stereocenters. The van der Waals surface area contributed by atoms with Crippen LogP contribution < -0.4 is 10.3 Å². The number of carboxylic acids is 1. The van der Waals surface area contributed by atoms with Crippen LogP contribution in [0.25, 0.3) is 10.9 Å². The number of piperazine rings is 1. The molecule has 26 heavy (non-hydrogen) atoms. The van der Waals surface area contributed by atoms with Crippen molar-refractivity contribution in [1.82, 2.24) is 9.47 Å². The predicted molar refractivity (Wildman–Crippen MR) is 95.7 cm³/mol. The lowest BCUT2D eigenvalue weighted by Crippen LogP contribution is -2.44. The summed E-state index contributed by atoms with van der Waals surface area (Å²) in [5, 5.41) is 8.95. The molecule has 0 radical (unpaired) electrons. The van der Waals surface area contributed by atoms with E-state index in [0.717, 1.165) is 30.9 Å². The molecule has 3 heterocycles. The van der Waals surface area contributed by atoms with Crippen LogP contribution in [0.1, 0.15) is 15.7 Å². The monoisotopic (exact) mass is 381 g/mol. The molecule has 0 saturated carbocycles. The number of halogens is 2. The van der Waals surface area contributed by atoms with E-state index in [0.29, 0.717) is 24.3 Å². The molecule has 1 saturated heterocycles. The van der Waals surface area contributed by atoms with E-state index in [1.54, 1.807) is 6.07 Å². The number of hydrogen-bond donors (Lipinski definition) is 1. The maximum absolute atomic E-state index is 14.7. The smallest absolute Gasteiger partial charge is 0.342 e. The van der Waals surface area contributed by atoms with E-state index in [4.69, 9.17) is 0 Å². The maximum Gasteiger partial charge on any atom is 0.342 e. The first-order valence-corrected chi connectivity index (χ1v) is 9.11. The number of carbonyl (C=O) groups is 1. The number of likely N-dealkylation sites (N-methyl/N-ethyl adjacent to an activating group) is 1. The highest BCUT2D eigenvalue weighted by molar-refractivity contribution is 8.00. The lowest BCUT2D eigenvalue weighted by molar-refractivity contribution is 0.0689. The van der Waals surface area contributed by atoms with Gasteiger partial charge in [0.05, 0.1) is 16.2 Å². The normalized spacial score (nSPS) is 20.1. The molecule has 2 aliphatic rings. The highest BCUT2D eigenvalue weighted by atomic mass is 32.2. The molecule has 2 aliphatic heterocycles. The number of pyridine rings is 1. The number of aromatic nitrogens is 1. The molecule has 0 aliphatic carbocycles. The Hall–Kier alpha value is -2.13. The molecule has 0 bridgehead atoms. The zero-order valence-corrected chi connectivity index (χ0v) is 14.9. The van der Waals surface area contributed by atoms with E-state index in [-0.39, 0.29) is 10.4 Å².